The molecule has 0 bridgehead atoms. The molecule has 0 N–H and O–H groups in total. The van der Waals surface area contributed by atoms with E-state index in [1.807, 2.05) is 23.5 Å². The Morgan fingerprint density at radius 1 is 0.339 bits per heavy atom. The lowest BCUT2D eigenvalue weighted by Crippen LogP contribution is -2.09. The molecule has 0 aliphatic rings. The largest absolute Gasteiger partial charge is 0.456 e. The van der Waals surface area contributed by atoms with Crippen LogP contribution < -0.4 is 4.90 Å². The fraction of sp³-hybridized carbons (Fsp3) is 0. The summed E-state index contributed by atoms with van der Waals surface area (Å²) in [6.07, 6.45) is 0. The van der Waals surface area contributed by atoms with E-state index in [0.29, 0.717) is 0 Å². The summed E-state index contributed by atoms with van der Waals surface area (Å²) in [6, 6.07) is 67.1. The summed E-state index contributed by atoms with van der Waals surface area (Å²) in [6.45, 7) is 0. The van der Waals surface area contributed by atoms with Crippen molar-refractivity contribution in [2.45, 2.75) is 0 Å². The molecule has 3 aromatic heterocycles. The van der Waals surface area contributed by atoms with Gasteiger partial charge in [-0.25, -0.2) is 0 Å². The van der Waals surface area contributed by atoms with Crippen LogP contribution in [-0.4, -0.2) is 0 Å². The summed E-state index contributed by atoms with van der Waals surface area (Å²) in [5.41, 5.74) is 11.5. The molecule has 0 amide bonds. The van der Waals surface area contributed by atoms with E-state index in [0.717, 1.165) is 77.5 Å². The minimum Gasteiger partial charge on any atom is -0.456 e. The Bertz CT molecular complexity index is 3480. The summed E-state index contributed by atoms with van der Waals surface area (Å²) in [4.78, 5) is 2.28. The minimum absolute atomic E-state index is 0.873. The fourth-order valence-electron chi connectivity index (χ4n) is 8.64. The lowest BCUT2D eigenvalue weighted by atomic mass is 9.94. The molecule has 0 saturated carbocycles. The van der Waals surface area contributed by atoms with Crippen LogP contribution in [0.25, 0.3) is 97.1 Å². The van der Waals surface area contributed by atoms with E-state index in [1.165, 1.54) is 36.7 Å². The van der Waals surface area contributed by atoms with Gasteiger partial charge in [-0.05, 0) is 88.8 Å². The zero-order valence-electron chi connectivity index (χ0n) is 30.1. The molecule has 12 aromatic rings. The molecule has 0 aliphatic heterocycles. The Balaban J connectivity index is 0.957. The van der Waals surface area contributed by atoms with Gasteiger partial charge in [-0.15, -0.1) is 11.3 Å². The van der Waals surface area contributed by atoms with Gasteiger partial charge in [0.2, 0.25) is 0 Å². The molecule has 0 aliphatic carbocycles. The van der Waals surface area contributed by atoms with E-state index < -0.39 is 0 Å². The van der Waals surface area contributed by atoms with E-state index in [2.05, 4.69) is 181 Å². The number of rotatable bonds is 5. The average Bonchev–Trinajstić information content (AvgIpc) is 3.95. The van der Waals surface area contributed by atoms with Gasteiger partial charge < -0.3 is 13.7 Å². The van der Waals surface area contributed by atoms with Gasteiger partial charge in [0.15, 0.2) is 0 Å². The first kappa shape index (κ1) is 31.2. The van der Waals surface area contributed by atoms with Crippen molar-refractivity contribution in [3.8, 4) is 22.3 Å². The van der Waals surface area contributed by atoms with Crippen molar-refractivity contribution in [1.29, 1.82) is 0 Å². The van der Waals surface area contributed by atoms with Crippen molar-refractivity contribution in [3.63, 3.8) is 0 Å². The number of para-hydroxylation sites is 2. The summed E-state index contributed by atoms with van der Waals surface area (Å²) < 4.78 is 15.7. The van der Waals surface area contributed by atoms with Crippen molar-refractivity contribution in [1.82, 2.24) is 0 Å². The molecule has 3 heterocycles. The smallest absolute Gasteiger partial charge is 0.143 e. The van der Waals surface area contributed by atoms with E-state index in [4.69, 9.17) is 8.83 Å². The summed E-state index contributed by atoms with van der Waals surface area (Å²) >= 11 is 1.87. The number of furan rings is 2. The summed E-state index contributed by atoms with van der Waals surface area (Å²) in [5.74, 6) is 0. The zero-order valence-corrected chi connectivity index (χ0v) is 30.9. The minimum atomic E-state index is 0.873. The highest BCUT2D eigenvalue weighted by atomic mass is 32.1. The van der Waals surface area contributed by atoms with Gasteiger partial charge in [0.25, 0.3) is 0 Å². The highest BCUT2D eigenvalue weighted by molar-refractivity contribution is 7.26. The second kappa shape index (κ2) is 12.2. The molecule has 3 nitrogen and oxygen atoms in total. The van der Waals surface area contributed by atoms with Gasteiger partial charge in [0.1, 0.15) is 22.3 Å². The van der Waals surface area contributed by atoms with Gasteiger partial charge in [0, 0.05) is 75.8 Å². The van der Waals surface area contributed by atoms with Crippen LogP contribution in [0, 0.1) is 0 Å². The van der Waals surface area contributed by atoms with Gasteiger partial charge in [-0.3, -0.25) is 0 Å². The SMILES string of the molecule is c1ccc(N(c2ccc(-c3ccc4c(c3)oc3c5ccccc5c(-c5cccc6c5sc5ccccc56)cc43)cc2)c2ccc3c(c2)oc2ccccc23)cc1. The fourth-order valence-corrected chi connectivity index (χ4v) is 9.87. The quantitative estimate of drug-likeness (QED) is 0.176. The lowest BCUT2D eigenvalue weighted by molar-refractivity contribution is 0.669. The van der Waals surface area contributed by atoms with Crippen LogP contribution in [0.2, 0.25) is 0 Å². The molecule has 0 atom stereocenters. The van der Waals surface area contributed by atoms with E-state index in [-0.39, 0.29) is 0 Å². The van der Waals surface area contributed by atoms with Crippen LogP contribution in [0.1, 0.15) is 0 Å². The normalized spacial score (nSPS) is 11.9. The number of fused-ring (bicyclic) bond motifs is 11. The Labute approximate surface area is 325 Å². The topological polar surface area (TPSA) is 29.5 Å². The van der Waals surface area contributed by atoms with E-state index in [9.17, 15) is 0 Å². The van der Waals surface area contributed by atoms with Crippen LogP contribution >= 0.6 is 11.3 Å². The lowest BCUT2D eigenvalue weighted by Gasteiger charge is -2.25. The number of anilines is 3. The van der Waals surface area contributed by atoms with Crippen molar-refractivity contribution < 1.29 is 8.83 Å². The molecule has 0 unspecified atom stereocenters. The third-order valence-corrected chi connectivity index (χ3v) is 12.5. The Morgan fingerprint density at radius 3 is 1.84 bits per heavy atom. The average molecular weight is 734 g/mol. The van der Waals surface area contributed by atoms with Crippen molar-refractivity contribution in [2.24, 2.45) is 0 Å². The van der Waals surface area contributed by atoms with Gasteiger partial charge in [0.05, 0.1) is 0 Å². The number of benzene rings is 9. The van der Waals surface area contributed by atoms with Crippen LogP contribution in [0.15, 0.2) is 197 Å². The monoisotopic (exact) mass is 733 g/mol. The van der Waals surface area contributed by atoms with E-state index >= 15 is 0 Å². The third-order valence-electron chi connectivity index (χ3n) is 11.3. The molecule has 0 radical (unpaired) electrons. The first-order valence-corrected chi connectivity index (χ1v) is 19.7. The maximum Gasteiger partial charge on any atom is 0.143 e. The van der Waals surface area contributed by atoms with Crippen molar-refractivity contribution in [3.05, 3.63) is 188 Å². The highest BCUT2D eigenvalue weighted by Gasteiger charge is 2.19. The highest BCUT2D eigenvalue weighted by Crippen LogP contribution is 2.46. The maximum absolute atomic E-state index is 6.77. The molecule has 262 valence electrons. The number of thiophene rings is 1. The van der Waals surface area contributed by atoms with Crippen LogP contribution in [0.5, 0.6) is 0 Å². The summed E-state index contributed by atoms with van der Waals surface area (Å²) in [5, 5.41) is 9.44. The molecule has 0 saturated heterocycles. The molecule has 0 spiro atoms. The van der Waals surface area contributed by atoms with Crippen molar-refractivity contribution >= 4 is 103 Å². The predicted octanol–water partition coefficient (Wildman–Crippen LogP) is 15.8. The van der Waals surface area contributed by atoms with E-state index in [1.54, 1.807) is 0 Å². The maximum atomic E-state index is 6.77. The number of hydrogen-bond acceptors (Lipinski definition) is 4. The molecule has 12 rings (SSSR count). The van der Waals surface area contributed by atoms with Gasteiger partial charge in [-0.1, -0.05) is 115 Å². The van der Waals surface area contributed by atoms with Crippen LogP contribution in [0.4, 0.5) is 17.1 Å². The standard InChI is InChI=1S/C52H31NO2S/c1-2-11-34(12-3-1)53(36-26-28-39-38-14-6-8-19-47(38)54-49(39)30-36)35-24-21-32(22-25-35)33-23-27-40-46-31-45(37-13-4-5-16-42(37)51(46)55-48(40)29-33)44-18-10-17-43-41-15-7-9-20-50(41)56-52(43)44/h1-31H. The molecule has 4 heteroatoms. The predicted molar refractivity (Wildman–Crippen MR) is 237 cm³/mol. The molecule has 56 heavy (non-hydrogen) atoms. The third kappa shape index (κ3) is 4.76. The first-order chi connectivity index (χ1) is 27.7. The number of nitrogens with zero attached hydrogens (tertiary/aromatic N) is 1. The number of hydrogen-bond donors (Lipinski definition) is 0. The Morgan fingerprint density at radius 2 is 0.964 bits per heavy atom. The second-order valence-electron chi connectivity index (χ2n) is 14.4. The summed E-state index contributed by atoms with van der Waals surface area (Å²) in [7, 11) is 0. The van der Waals surface area contributed by atoms with Gasteiger partial charge >= 0.3 is 0 Å². The molecular weight excluding hydrogens is 703 g/mol. The van der Waals surface area contributed by atoms with Crippen molar-refractivity contribution in [2.75, 3.05) is 4.90 Å². The van der Waals surface area contributed by atoms with Crippen LogP contribution in [0.3, 0.4) is 0 Å². The van der Waals surface area contributed by atoms with Gasteiger partial charge in [-0.2, -0.15) is 0 Å². The first-order valence-electron chi connectivity index (χ1n) is 18.9. The second-order valence-corrected chi connectivity index (χ2v) is 15.5. The van der Waals surface area contributed by atoms with Crippen LogP contribution in [-0.2, 0) is 0 Å². The molecule has 9 aromatic carbocycles. The molecule has 0 fully saturated rings. The molecular formula is C52H31NO2S. The Hall–Kier alpha value is -7.14. The Kier molecular flexibility index (Phi) is 6.80. The zero-order chi connectivity index (χ0) is 36.7.